The van der Waals surface area contributed by atoms with E-state index in [9.17, 15) is 13.2 Å². The molecule has 1 aliphatic carbocycles. The summed E-state index contributed by atoms with van der Waals surface area (Å²) >= 11 is 0. The third-order valence-corrected chi connectivity index (χ3v) is 6.96. The van der Waals surface area contributed by atoms with Gasteiger partial charge in [-0.1, -0.05) is 68.0 Å². The van der Waals surface area contributed by atoms with E-state index in [-0.39, 0.29) is 28.8 Å². The van der Waals surface area contributed by atoms with Gasteiger partial charge in [0, 0.05) is 17.2 Å². The number of hydrogen-bond acceptors (Lipinski definition) is 1. The molecule has 0 bridgehead atoms. The zero-order chi connectivity index (χ0) is 24.8. The molecule has 4 heteroatoms. The SMILES string of the molecule is CCCc1ccc(-c2ccc(/C=C/C3CCC(c4ccc(OCC)cc4F)CC3)c(F)c2F)cc1. The molecule has 3 aromatic rings. The van der Waals surface area contributed by atoms with Crippen LogP contribution in [0.5, 0.6) is 5.75 Å². The van der Waals surface area contributed by atoms with Crippen molar-refractivity contribution in [1.29, 1.82) is 0 Å². The minimum Gasteiger partial charge on any atom is -0.494 e. The van der Waals surface area contributed by atoms with Crippen LogP contribution in [0.15, 0.2) is 60.7 Å². The topological polar surface area (TPSA) is 9.23 Å². The maximum Gasteiger partial charge on any atom is 0.167 e. The summed E-state index contributed by atoms with van der Waals surface area (Å²) in [5.74, 6) is -0.851. The Balaban J connectivity index is 1.39. The smallest absolute Gasteiger partial charge is 0.167 e. The van der Waals surface area contributed by atoms with Gasteiger partial charge in [0.2, 0.25) is 0 Å². The third kappa shape index (κ3) is 5.98. The lowest BCUT2D eigenvalue weighted by molar-refractivity contribution is 0.336. The van der Waals surface area contributed by atoms with Crippen molar-refractivity contribution in [1.82, 2.24) is 0 Å². The summed E-state index contributed by atoms with van der Waals surface area (Å²) in [4.78, 5) is 0. The van der Waals surface area contributed by atoms with E-state index in [4.69, 9.17) is 4.74 Å². The summed E-state index contributed by atoms with van der Waals surface area (Å²) in [6, 6.07) is 16.1. The molecule has 1 nitrogen and oxygen atoms in total. The van der Waals surface area contributed by atoms with Crippen LogP contribution in [0.3, 0.4) is 0 Å². The summed E-state index contributed by atoms with van der Waals surface area (Å²) < 4.78 is 49.6. The molecular weight excluding hydrogens is 445 g/mol. The average Bonchev–Trinajstić information content (AvgIpc) is 2.87. The molecule has 0 atom stereocenters. The zero-order valence-corrected chi connectivity index (χ0v) is 20.5. The van der Waals surface area contributed by atoms with Crippen LogP contribution in [0.1, 0.15) is 68.6 Å². The standard InChI is InChI=1S/C31H33F3O/c1-3-5-21-6-13-24(14-7-21)28-18-16-25(30(33)31(28)34)15-10-22-8-11-23(12-9-22)27-19-17-26(35-4-2)20-29(27)32/h6-7,10,13-20,22-23H,3-5,8-9,11-12H2,1-2H3/b15-10+. The highest BCUT2D eigenvalue weighted by molar-refractivity contribution is 5.67. The van der Waals surface area contributed by atoms with Gasteiger partial charge in [0.1, 0.15) is 11.6 Å². The first kappa shape index (κ1) is 25.1. The average molecular weight is 479 g/mol. The van der Waals surface area contributed by atoms with Crippen LogP contribution in [0.25, 0.3) is 17.2 Å². The first-order valence-electron chi connectivity index (χ1n) is 12.7. The van der Waals surface area contributed by atoms with Gasteiger partial charge in [-0.3, -0.25) is 0 Å². The van der Waals surface area contributed by atoms with Crippen molar-refractivity contribution in [3.05, 3.63) is 94.8 Å². The lowest BCUT2D eigenvalue weighted by Gasteiger charge is -2.27. The predicted molar refractivity (Wildman–Crippen MR) is 137 cm³/mol. The van der Waals surface area contributed by atoms with E-state index < -0.39 is 11.6 Å². The number of ether oxygens (including phenoxy) is 1. The fourth-order valence-corrected chi connectivity index (χ4v) is 5.01. The van der Waals surface area contributed by atoms with Crippen molar-refractivity contribution >= 4 is 6.08 Å². The number of hydrogen-bond donors (Lipinski definition) is 0. The van der Waals surface area contributed by atoms with Gasteiger partial charge in [-0.2, -0.15) is 0 Å². The van der Waals surface area contributed by atoms with Crippen LogP contribution in [-0.4, -0.2) is 6.61 Å². The summed E-state index contributed by atoms with van der Waals surface area (Å²) in [5.41, 5.74) is 3.14. The Morgan fingerprint density at radius 2 is 1.60 bits per heavy atom. The van der Waals surface area contributed by atoms with Crippen molar-refractivity contribution < 1.29 is 17.9 Å². The largest absolute Gasteiger partial charge is 0.494 e. The van der Waals surface area contributed by atoms with Gasteiger partial charge in [0.15, 0.2) is 11.6 Å². The lowest BCUT2D eigenvalue weighted by atomic mass is 9.78. The van der Waals surface area contributed by atoms with E-state index in [1.807, 2.05) is 49.4 Å². The molecule has 0 saturated heterocycles. The molecule has 1 saturated carbocycles. The molecule has 0 unspecified atom stereocenters. The molecule has 0 N–H and O–H groups in total. The zero-order valence-electron chi connectivity index (χ0n) is 20.5. The minimum absolute atomic E-state index is 0.174. The van der Waals surface area contributed by atoms with Crippen molar-refractivity contribution in [2.45, 2.75) is 58.3 Å². The van der Waals surface area contributed by atoms with E-state index in [0.717, 1.165) is 44.1 Å². The Labute approximate surface area is 206 Å². The van der Waals surface area contributed by atoms with Gasteiger partial charge in [-0.05, 0) is 73.6 Å². The first-order valence-corrected chi connectivity index (χ1v) is 12.7. The van der Waals surface area contributed by atoms with Crippen molar-refractivity contribution in [3.63, 3.8) is 0 Å². The fourth-order valence-electron chi connectivity index (χ4n) is 5.01. The molecule has 0 aliphatic heterocycles. The van der Waals surface area contributed by atoms with Gasteiger partial charge >= 0.3 is 0 Å². The predicted octanol–water partition coefficient (Wildman–Crippen LogP) is 9.11. The molecule has 4 rings (SSSR count). The second kappa shape index (κ2) is 11.6. The second-order valence-electron chi connectivity index (χ2n) is 9.36. The molecule has 0 radical (unpaired) electrons. The Hall–Kier alpha value is -3.01. The van der Waals surface area contributed by atoms with Crippen LogP contribution in [0.2, 0.25) is 0 Å². The van der Waals surface area contributed by atoms with Crippen molar-refractivity contribution in [2.24, 2.45) is 5.92 Å². The van der Waals surface area contributed by atoms with Gasteiger partial charge in [-0.15, -0.1) is 0 Å². The molecular formula is C31H33F3O. The molecule has 1 fully saturated rings. The number of aryl methyl sites for hydroxylation is 1. The van der Waals surface area contributed by atoms with Gasteiger partial charge in [0.05, 0.1) is 6.61 Å². The Kier molecular flexibility index (Phi) is 8.33. The first-order chi connectivity index (χ1) is 17.0. The highest BCUT2D eigenvalue weighted by Gasteiger charge is 2.23. The highest BCUT2D eigenvalue weighted by Crippen LogP contribution is 2.38. The van der Waals surface area contributed by atoms with Crippen LogP contribution in [-0.2, 0) is 6.42 Å². The number of allylic oxidation sites excluding steroid dienone is 1. The maximum absolute atomic E-state index is 14.9. The number of halogens is 3. The second-order valence-corrected chi connectivity index (χ2v) is 9.36. The van der Waals surface area contributed by atoms with E-state index >= 15 is 0 Å². The third-order valence-electron chi connectivity index (χ3n) is 6.96. The van der Waals surface area contributed by atoms with E-state index in [0.29, 0.717) is 17.9 Å². The van der Waals surface area contributed by atoms with Crippen molar-refractivity contribution in [2.75, 3.05) is 6.61 Å². The fraction of sp³-hybridized carbons (Fsp3) is 0.355. The molecule has 0 spiro atoms. The van der Waals surface area contributed by atoms with Gasteiger partial charge in [-0.25, -0.2) is 13.2 Å². The van der Waals surface area contributed by atoms with E-state index in [1.165, 1.54) is 11.6 Å². The quantitative estimate of drug-likeness (QED) is 0.314. The number of rotatable bonds is 8. The van der Waals surface area contributed by atoms with Gasteiger partial charge < -0.3 is 4.74 Å². The Morgan fingerprint density at radius 1 is 0.857 bits per heavy atom. The van der Waals surface area contributed by atoms with Crippen LogP contribution >= 0.6 is 0 Å². The summed E-state index contributed by atoms with van der Waals surface area (Å²) in [6.07, 6.45) is 9.19. The van der Waals surface area contributed by atoms with Crippen LogP contribution in [0.4, 0.5) is 13.2 Å². The normalized spacial score (nSPS) is 18.2. The Bertz CT molecular complexity index is 1160. The van der Waals surface area contributed by atoms with Crippen LogP contribution in [0, 0.1) is 23.4 Å². The summed E-state index contributed by atoms with van der Waals surface area (Å²) in [5, 5.41) is 0. The molecule has 3 aromatic carbocycles. The highest BCUT2D eigenvalue weighted by atomic mass is 19.2. The van der Waals surface area contributed by atoms with E-state index in [2.05, 4.69) is 6.92 Å². The van der Waals surface area contributed by atoms with E-state index in [1.54, 1.807) is 18.2 Å². The lowest BCUT2D eigenvalue weighted by Crippen LogP contribution is -2.13. The molecule has 184 valence electrons. The molecule has 35 heavy (non-hydrogen) atoms. The molecule has 0 aromatic heterocycles. The maximum atomic E-state index is 14.9. The number of benzene rings is 3. The monoisotopic (exact) mass is 478 g/mol. The molecule has 0 heterocycles. The minimum atomic E-state index is -0.818. The summed E-state index contributed by atoms with van der Waals surface area (Å²) in [6.45, 7) is 4.50. The molecule has 0 amide bonds. The summed E-state index contributed by atoms with van der Waals surface area (Å²) in [7, 11) is 0. The van der Waals surface area contributed by atoms with Crippen molar-refractivity contribution in [3.8, 4) is 16.9 Å². The van der Waals surface area contributed by atoms with Gasteiger partial charge in [0.25, 0.3) is 0 Å². The molecule has 1 aliphatic rings. The van der Waals surface area contributed by atoms with Crippen LogP contribution < -0.4 is 4.74 Å². The Morgan fingerprint density at radius 3 is 2.26 bits per heavy atom.